The second kappa shape index (κ2) is 6.71. The third kappa shape index (κ3) is 3.64. The number of hydrogen-bond donors (Lipinski definition) is 2. The van der Waals surface area contributed by atoms with E-state index in [4.69, 9.17) is 4.98 Å². The van der Waals surface area contributed by atoms with Gasteiger partial charge in [-0.15, -0.1) is 0 Å². The van der Waals surface area contributed by atoms with Crippen LogP contribution in [0.4, 0.5) is 5.69 Å². The maximum Gasteiger partial charge on any atom is 0.156 e. The van der Waals surface area contributed by atoms with E-state index in [0.29, 0.717) is 13.0 Å². The molecule has 0 saturated carbocycles. The predicted octanol–water partition coefficient (Wildman–Crippen LogP) is 3.35. The molecule has 3 aromatic rings. The van der Waals surface area contributed by atoms with E-state index in [-0.39, 0.29) is 0 Å². The number of benzene rings is 1. The minimum atomic E-state index is -0.639. The summed E-state index contributed by atoms with van der Waals surface area (Å²) in [5.74, 6) is 0. The lowest BCUT2D eigenvalue weighted by molar-refractivity contribution is -0.114. The number of aliphatic hydroxyl groups is 1. The summed E-state index contributed by atoms with van der Waals surface area (Å²) in [5, 5.41) is 10.3. The number of carbonyl (C=O) groups is 1. The highest BCUT2D eigenvalue weighted by atomic mass is 16.3. The number of aldehydes is 1. The molecule has 28 heavy (non-hydrogen) atoms. The van der Waals surface area contributed by atoms with Crippen LogP contribution in [0.5, 0.6) is 0 Å². The summed E-state index contributed by atoms with van der Waals surface area (Å²) in [6.07, 6.45) is 6.02. The van der Waals surface area contributed by atoms with Crippen molar-refractivity contribution in [3.8, 4) is 11.3 Å². The van der Waals surface area contributed by atoms with Gasteiger partial charge in [-0.05, 0) is 37.5 Å². The number of aromatic nitrogens is 3. The van der Waals surface area contributed by atoms with Crippen LogP contribution in [0.15, 0.2) is 36.7 Å². The second-order valence-electron chi connectivity index (χ2n) is 8.77. The van der Waals surface area contributed by atoms with Crippen LogP contribution in [0.1, 0.15) is 32.8 Å². The summed E-state index contributed by atoms with van der Waals surface area (Å²) in [6, 6.07) is 8.19. The Balaban J connectivity index is 1.68. The van der Waals surface area contributed by atoms with Gasteiger partial charge in [-0.25, -0.2) is 9.97 Å². The molecule has 1 aromatic carbocycles. The standard InChI is InChI=1S/C22H26N4O2/c1-21(2,14-27)10-16-11-23-20-19(16)25-18(12-24-20)15-5-4-6-17(9-15)26-8-7-22(3,28)13-26/h4-6,9,11-12,14,28H,7-8,10,13H2,1-3H3,(H,23,24). The second-order valence-corrected chi connectivity index (χ2v) is 8.77. The van der Waals surface area contributed by atoms with E-state index in [9.17, 15) is 9.90 Å². The van der Waals surface area contributed by atoms with Crippen LogP contribution in [0, 0.1) is 5.41 Å². The monoisotopic (exact) mass is 378 g/mol. The largest absolute Gasteiger partial charge is 0.388 e. The Kier molecular flexibility index (Phi) is 4.46. The lowest BCUT2D eigenvalue weighted by Crippen LogP contribution is -2.29. The average Bonchev–Trinajstić information content (AvgIpc) is 3.24. The van der Waals surface area contributed by atoms with Crippen LogP contribution in [0.25, 0.3) is 22.4 Å². The number of β-amino-alcohol motifs (C(OH)–C–C–N with tert-alkyl or cyclic N) is 1. The van der Waals surface area contributed by atoms with Crippen molar-refractivity contribution in [2.75, 3.05) is 18.0 Å². The number of fused-ring (bicyclic) bond motifs is 1. The van der Waals surface area contributed by atoms with Crippen molar-refractivity contribution in [1.29, 1.82) is 0 Å². The summed E-state index contributed by atoms with van der Waals surface area (Å²) in [4.78, 5) is 26.0. The van der Waals surface area contributed by atoms with Crippen molar-refractivity contribution >= 4 is 23.1 Å². The van der Waals surface area contributed by atoms with Gasteiger partial charge in [0.2, 0.25) is 0 Å². The van der Waals surface area contributed by atoms with E-state index >= 15 is 0 Å². The lowest BCUT2D eigenvalue weighted by atomic mass is 9.88. The number of hydrogen-bond acceptors (Lipinski definition) is 5. The maximum absolute atomic E-state index is 11.3. The number of anilines is 1. The molecule has 0 amide bonds. The van der Waals surface area contributed by atoms with E-state index in [2.05, 4.69) is 27.0 Å². The average molecular weight is 378 g/mol. The van der Waals surface area contributed by atoms with Gasteiger partial charge >= 0.3 is 0 Å². The zero-order chi connectivity index (χ0) is 19.9. The van der Waals surface area contributed by atoms with Crippen LogP contribution < -0.4 is 4.90 Å². The van der Waals surface area contributed by atoms with Crippen molar-refractivity contribution in [1.82, 2.24) is 15.0 Å². The first-order chi connectivity index (χ1) is 13.3. The smallest absolute Gasteiger partial charge is 0.156 e. The molecule has 3 heterocycles. The van der Waals surface area contributed by atoms with E-state index in [1.54, 1.807) is 6.20 Å². The van der Waals surface area contributed by atoms with E-state index < -0.39 is 11.0 Å². The van der Waals surface area contributed by atoms with Crippen molar-refractivity contribution in [3.05, 3.63) is 42.2 Å². The molecular formula is C22H26N4O2. The highest BCUT2D eigenvalue weighted by molar-refractivity contribution is 5.79. The first-order valence-corrected chi connectivity index (χ1v) is 9.63. The minimum absolute atomic E-state index is 0.445. The van der Waals surface area contributed by atoms with Gasteiger partial charge < -0.3 is 19.8 Å². The quantitative estimate of drug-likeness (QED) is 0.666. The summed E-state index contributed by atoms with van der Waals surface area (Å²) < 4.78 is 0. The van der Waals surface area contributed by atoms with Gasteiger partial charge in [0.25, 0.3) is 0 Å². The molecule has 0 aliphatic carbocycles. The highest BCUT2D eigenvalue weighted by Gasteiger charge is 2.31. The van der Waals surface area contributed by atoms with Gasteiger partial charge in [-0.3, -0.25) is 0 Å². The Labute approximate surface area is 164 Å². The van der Waals surface area contributed by atoms with Gasteiger partial charge in [-0.2, -0.15) is 0 Å². The molecule has 2 N–H and O–H groups in total. The minimum Gasteiger partial charge on any atom is -0.388 e. The Morgan fingerprint density at radius 2 is 2.21 bits per heavy atom. The van der Waals surface area contributed by atoms with Gasteiger partial charge in [0, 0.05) is 36.0 Å². The molecule has 0 spiro atoms. The third-order valence-corrected chi connectivity index (χ3v) is 5.38. The fourth-order valence-corrected chi connectivity index (χ4v) is 3.78. The first-order valence-electron chi connectivity index (χ1n) is 9.63. The topological polar surface area (TPSA) is 82.1 Å². The molecule has 0 radical (unpaired) electrons. The van der Waals surface area contributed by atoms with Crippen molar-refractivity contribution in [2.45, 2.75) is 39.2 Å². The molecule has 6 heteroatoms. The molecule has 1 unspecified atom stereocenters. The molecular weight excluding hydrogens is 352 g/mol. The van der Waals surface area contributed by atoms with E-state index in [1.165, 1.54) is 0 Å². The van der Waals surface area contributed by atoms with Crippen molar-refractivity contribution < 1.29 is 9.90 Å². The fourth-order valence-electron chi connectivity index (χ4n) is 3.78. The number of carbonyl (C=O) groups excluding carboxylic acids is 1. The Hall–Kier alpha value is -2.73. The van der Waals surface area contributed by atoms with Gasteiger partial charge in [0.15, 0.2) is 5.65 Å². The number of nitrogens with one attached hydrogen (secondary N) is 1. The predicted molar refractivity (Wildman–Crippen MR) is 110 cm³/mol. The summed E-state index contributed by atoms with van der Waals surface area (Å²) >= 11 is 0. The van der Waals surface area contributed by atoms with Crippen molar-refractivity contribution in [3.63, 3.8) is 0 Å². The first kappa shape index (κ1) is 18.6. The Morgan fingerprint density at radius 1 is 1.39 bits per heavy atom. The third-order valence-electron chi connectivity index (χ3n) is 5.38. The molecule has 1 aliphatic rings. The highest BCUT2D eigenvalue weighted by Crippen LogP contribution is 2.30. The van der Waals surface area contributed by atoms with Gasteiger partial charge in [0.1, 0.15) is 11.8 Å². The van der Waals surface area contributed by atoms with Crippen LogP contribution >= 0.6 is 0 Å². The van der Waals surface area contributed by atoms with Crippen LogP contribution in [-0.2, 0) is 11.2 Å². The van der Waals surface area contributed by atoms with E-state index in [0.717, 1.165) is 52.9 Å². The fraction of sp³-hybridized carbons (Fsp3) is 0.409. The summed E-state index contributed by atoms with van der Waals surface area (Å²) in [7, 11) is 0. The van der Waals surface area contributed by atoms with Gasteiger partial charge in [-0.1, -0.05) is 26.0 Å². The summed E-state index contributed by atoms with van der Waals surface area (Å²) in [6.45, 7) is 7.19. The van der Waals surface area contributed by atoms with Crippen LogP contribution in [-0.4, -0.2) is 45.0 Å². The Bertz CT molecular complexity index is 1020. The van der Waals surface area contributed by atoms with Gasteiger partial charge in [0.05, 0.1) is 17.5 Å². The molecule has 1 saturated heterocycles. The molecule has 4 rings (SSSR count). The van der Waals surface area contributed by atoms with Crippen molar-refractivity contribution in [2.24, 2.45) is 5.41 Å². The SMILES string of the molecule is CC(C)(C=O)Cc1c[nH]c2ncc(-c3cccc(N4CCC(C)(O)C4)c3)nc12. The number of H-pyrrole nitrogens is 1. The normalized spacial score (nSPS) is 20.1. The maximum atomic E-state index is 11.3. The number of nitrogens with zero attached hydrogens (tertiary/aromatic N) is 3. The lowest BCUT2D eigenvalue weighted by Gasteiger charge is -2.21. The number of aromatic amines is 1. The molecule has 146 valence electrons. The molecule has 1 fully saturated rings. The molecule has 1 atom stereocenters. The zero-order valence-electron chi connectivity index (χ0n) is 16.6. The van der Waals surface area contributed by atoms with Crippen LogP contribution in [0.2, 0.25) is 0 Å². The number of rotatable bonds is 5. The molecule has 0 bridgehead atoms. The zero-order valence-corrected chi connectivity index (χ0v) is 16.6. The molecule has 6 nitrogen and oxygen atoms in total. The Morgan fingerprint density at radius 3 is 2.93 bits per heavy atom. The summed E-state index contributed by atoms with van der Waals surface area (Å²) in [5.41, 5.74) is 4.31. The van der Waals surface area contributed by atoms with Crippen LogP contribution in [0.3, 0.4) is 0 Å². The van der Waals surface area contributed by atoms with E-state index in [1.807, 2.05) is 39.1 Å². The molecule has 2 aromatic heterocycles. The molecule has 1 aliphatic heterocycles.